The number of anilines is 1. The maximum Gasteiger partial charge on any atom is 0.311 e. The van der Waals surface area contributed by atoms with Crippen molar-refractivity contribution in [2.75, 3.05) is 11.9 Å². The van der Waals surface area contributed by atoms with E-state index in [2.05, 4.69) is 15.8 Å². The molecule has 26 heavy (non-hydrogen) atoms. The quantitative estimate of drug-likeness (QED) is 0.418. The van der Waals surface area contributed by atoms with E-state index < -0.39 is 16.4 Å². The van der Waals surface area contributed by atoms with Crippen LogP contribution >= 0.6 is 0 Å². The van der Waals surface area contributed by atoms with Gasteiger partial charge in [-0.3, -0.25) is 14.9 Å². The number of aromatic hydroxyl groups is 1. The average Bonchev–Trinajstić information content (AvgIpc) is 2.55. The van der Waals surface area contributed by atoms with Crippen LogP contribution in [0.5, 0.6) is 5.75 Å². The molecule has 0 atom stereocenters. The largest absolute Gasteiger partial charge is 0.502 e. The van der Waals surface area contributed by atoms with E-state index in [1.54, 1.807) is 0 Å². The lowest BCUT2D eigenvalue weighted by Crippen LogP contribution is -2.26. The molecule has 0 heterocycles. The summed E-state index contributed by atoms with van der Waals surface area (Å²) >= 11 is 0. The van der Waals surface area contributed by atoms with Gasteiger partial charge in [0.05, 0.1) is 17.7 Å². The summed E-state index contributed by atoms with van der Waals surface area (Å²) in [5.41, 5.74) is 6.47. The molecule has 3 N–H and O–H groups in total. The number of benzene rings is 2. The highest BCUT2D eigenvalue weighted by Crippen LogP contribution is 2.25. The number of carbonyl (C=O) groups is 1. The van der Waals surface area contributed by atoms with E-state index in [1.807, 2.05) is 32.9 Å². The minimum atomic E-state index is -0.693. The number of nitrogens with one attached hydrogen (secondary N) is 2. The van der Waals surface area contributed by atoms with Crippen molar-refractivity contribution in [1.29, 1.82) is 0 Å². The van der Waals surface area contributed by atoms with Crippen molar-refractivity contribution in [3.8, 4) is 5.75 Å². The average molecular weight is 356 g/mol. The van der Waals surface area contributed by atoms with Gasteiger partial charge in [-0.25, -0.2) is 5.43 Å². The summed E-state index contributed by atoms with van der Waals surface area (Å²) in [7, 11) is 0. The number of rotatable bonds is 6. The van der Waals surface area contributed by atoms with Gasteiger partial charge in [0, 0.05) is 17.3 Å². The molecule has 0 saturated carbocycles. The Morgan fingerprint density at radius 1 is 1.23 bits per heavy atom. The second-order valence-electron chi connectivity index (χ2n) is 5.93. The number of nitrogens with zero attached hydrogens (tertiary/aromatic N) is 2. The molecule has 136 valence electrons. The van der Waals surface area contributed by atoms with Gasteiger partial charge in [-0.05, 0) is 44.0 Å². The standard InChI is InChI=1S/C18H20N4O4/c1-11-6-12(2)18(13(3)7-11)19-10-17(24)21-20-9-14-4-5-16(23)15(8-14)22(25)26/h4-9,19,23H,10H2,1-3H3,(H,21,24)/b20-9+. The first kappa shape index (κ1) is 18.9. The molecular formula is C18H20N4O4. The summed E-state index contributed by atoms with van der Waals surface area (Å²) in [6.45, 7) is 5.99. The Kier molecular flexibility index (Phi) is 5.90. The number of aryl methyl sites for hydroxylation is 3. The summed E-state index contributed by atoms with van der Waals surface area (Å²) < 4.78 is 0. The van der Waals surface area contributed by atoms with Crippen molar-refractivity contribution in [3.05, 3.63) is 62.7 Å². The van der Waals surface area contributed by atoms with Crippen LogP contribution in [0, 0.1) is 30.9 Å². The van der Waals surface area contributed by atoms with Gasteiger partial charge >= 0.3 is 5.69 Å². The van der Waals surface area contributed by atoms with Crippen LogP contribution in [0.2, 0.25) is 0 Å². The zero-order valence-corrected chi connectivity index (χ0v) is 14.7. The molecule has 2 aromatic rings. The van der Waals surface area contributed by atoms with Gasteiger partial charge in [-0.2, -0.15) is 5.10 Å². The normalized spacial score (nSPS) is 10.7. The first-order valence-electron chi connectivity index (χ1n) is 7.89. The van der Waals surface area contributed by atoms with Gasteiger partial charge in [0.15, 0.2) is 5.75 Å². The molecule has 0 aliphatic carbocycles. The Morgan fingerprint density at radius 3 is 2.50 bits per heavy atom. The molecule has 0 saturated heterocycles. The Morgan fingerprint density at radius 2 is 1.88 bits per heavy atom. The van der Waals surface area contributed by atoms with E-state index in [9.17, 15) is 20.0 Å². The minimum absolute atomic E-state index is 0.0395. The molecular weight excluding hydrogens is 336 g/mol. The van der Waals surface area contributed by atoms with Gasteiger partial charge < -0.3 is 10.4 Å². The summed E-state index contributed by atoms with van der Waals surface area (Å²) in [6, 6.07) is 7.88. The lowest BCUT2D eigenvalue weighted by atomic mass is 10.1. The lowest BCUT2D eigenvalue weighted by Gasteiger charge is -2.13. The molecule has 2 rings (SSSR count). The van der Waals surface area contributed by atoms with E-state index in [4.69, 9.17) is 0 Å². The number of nitro groups is 1. The number of amides is 1. The molecule has 0 aliphatic heterocycles. The first-order chi connectivity index (χ1) is 12.3. The predicted octanol–water partition coefficient (Wildman–Crippen LogP) is 2.79. The van der Waals surface area contributed by atoms with E-state index in [0.29, 0.717) is 5.56 Å². The van der Waals surface area contributed by atoms with E-state index in [-0.39, 0.29) is 12.5 Å². The van der Waals surface area contributed by atoms with Crippen LogP contribution < -0.4 is 10.7 Å². The first-order valence-corrected chi connectivity index (χ1v) is 7.89. The van der Waals surface area contributed by atoms with Crippen LogP contribution in [0.15, 0.2) is 35.4 Å². The Bertz CT molecular complexity index is 854. The molecule has 8 heteroatoms. The number of hydrogen-bond donors (Lipinski definition) is 3. The van der Waals surface area contributed by atoms with Crippen LogP contribution in [0.1, 0.15) is 22.3 Å². The number of phenols is 1. The highest BCUT2D eigenvalue weighted by atomic mass is 16.6. The fourth-order valence-corrected chi connectivity index (χ4v) is 2.61. The molecule has 0 unspecified atom stereocenters. The van der Waals surface area contributed by atoms with Gasteiger partial charge in [0.2, 0.25) is 0 Å². The summed E-state index contributed by atoms with van der Waals surface area (Å²) in [4.78, 5) is 22.0. The SMILES string of the molecule is Cc1cc(C)c(NCC(=O)N/N=C/c2ccc(O)c([N+](=O)[O-])c2)c(C)c1. The summed E-state index contributed by atoms with van der Waals surface area (Å²) in [5, 5.41) is 27.0. The fraction of sp³-hybridized carbons (Fsp3) is 0.222. The third-order valence-corrected chi connectivity index (χ3v) is 3.70. The highest BCUT2D eigenvalue weighted by Gasteiger charge is 2.12. The van der Waals surface area contributed by atoms with Crippen LogP contribution in [0.3, 0.4) is 0 Å². The number of hydrazone groups is 1. The molecule has 0 aliphatic rings. The molecule has 2 aromatic carbocycles. The van der Waals surface area contributed by atoms with Crippen LogP contribution in [0.4, 0.5) is 11.4 Å². The summed E-state index contributed by atoms with van der Waals surface area (Å²) in [6.07, 6.45) is 1.27. The number of phenolic OH excluding ortho intramolecular Hbond substituents is 1. The van der Waals surface area contributed by atoms with Crippen molar-refractivity contribution < 1.29 is 14.8 Å². The Hall–Kier alpha value is -3.42. The van der Waals surface area contributed by atoms with Gasteiger partial charge in [-0.15, -0.1) is 0 Å². The van der Waals surface area contributed by atoms with Crippen molar-refractivity contribution in [1.82, 2.24) is 5.43 Å². The van der Waals surface area contributed by atoms with Gasteiger partial charge in [-0.1, -0.05) is 17.7 Å². The maximum absolute atomic E-state index is 11.9. The lowest BCUT2D eigenvalue weighted by molar-refractivity contribution is -0.385. The van der Waals surface area contributed by atoms with Gasteiger partial charge in [0.25, 0.3) is 5.91 Å². The van der Waals surface area contributed by atoms with Crippen LogP contribution in [0.25, 0.3) is 0 Å². The number of hydrogen-bond acceptors (Lipinski definition) is 6. The Balaban J connectivity index is 1.94. The maximum atomic E-state index is 11.9. The van der Waals surface area contributed by atoms with Crippen molar-refractivity contribution in [2.45, 2.75) is 20.8 Å². The van der Waals surface area contributed by atoms with Crippen molar-refractivity contribution >= 4 is 23.5 Å². The van der Waals surface area contributed by atoms with Crippen LogP contribution in [-0.2, 0) is 4.79 Å². The molecule has 8 nitrogen and oxygen atoms in total. The van der Waals surface area contributed by atoms with Gasteiger partial charge in [0.1, 0.15) is 0 Å². The smallest absolute Gasteiger partial charge is 0.311 e. The third kappa shape index (κ3) is 4.79. The fourth-order valence-electron chi connectivity index (χ4n) is 2.61. The molecule has 0 spiro atoms. The topological polar surface area (TPSA) is 117 Å². The van der Waals surface area contributed by atoms with E-state index in [1.165, 1.54) is 24.4 Å². The third-order valence-electron chi connectivity index (χ3n) is 3.70. The Labute approximate surface area is 150 Å². The van der Waals surface area contributed by atoms with Crippen molar-refractivity contribution in [3.63, 3.8) is 0 Å². The molecule has 0 radical (unpaired) electrons. The molecule has 1 amide bonds. The highest BCUT2D eigenvalue weighted by molar-refractivity contribution is 5.85. The molecule has 0 aromatic heterocycles. The van der Waals surface area contributed by atoms with Crippen LogP contribution in [-0.4, -0.2) is 28.7 Å². The number of nitro benzene ring substituents is 1. The zero-order valence-electron chi connectivity index (χ0n) is 14.7. The predicted molar refractivity (Wildman–Crippen MR) is 99.6 cm³/mol. The van der Waals surface area contributed by atoms with Crippen molar-refractivity contribution in [2.24, 2.45) is 5.10 Å². The summed E-state index contributed by atoms with van der Waals surface area (Å²) in [5.74, 6) is -0.780. The van der Waals surface area contributed by atoms with E-state index in [0.717, 1.165) is 22.4 Å². The monoisotopic (exact) mass is 356 g/mol. The second kappa shape index (κ2) is 8.11. The molecule has 0 bridgehead atoms. The zero-order chi connectivity index (χ0) is 19.3. The number of carbonyl (C=O) groups excluding carboxylic acids is 1. The minimum Gasteiger partial charge on any atom is -0.502 e. The molecule has 0 fully saturated rings. The second-order valence-corrected chi connectivity index (χ2v) is 5.93. The van der Waals surface area contributed by atoms with E-state index >= 15 is 0 Å².